The van der Waals surface area contributed by atoms with Gasteiger partial charge in [0.15, 0.2) is 22.6 Å². The van der Waals surface area contributed by atoms with E-state index < -0.39 is 0 Å². The standard InChI is InChI=1S/C33H41N9O5/c1-3-22-28(39-11-12-40(24-6-5-23(24)39)32(46)27-29(44)19(2)34-18-35-27)30(45)26-31(38-42(37-26)21-7-13-47-14-8-21)41(22)17-25(43)36-20-15-33(16-20)9-4-10-33/h7,18,20,23-24,44H,3-6,8-17H2,1-2H3,(H,36,43)/t23-,24-/m0/s1. The number of ether oxygens (including phenoxy) is 1. The Morgan fingerprint density at radius 3 is 2.62 bits per heavy atom. The van der Waals surface area contributed by atoms with Gasteiger partial charge in [0, 0.05) is 37.3 Å². The molecular formula is C33H41N9O5. The zero-order valence-corrected chi connectivity index (χ0v) is 26.9. The van der Waals surface area contributed by atoms with Gasteiger partial charge >= 0.3 is 0 Å². The highest BCUT2D eigenvalue weighted by atomic mass is 16.5. The van der Waals surface area contributed by atoms with E-state index in [-0.39, 0.29) is 58.9 Å². The number of rotatable bonds is 7. The summed E-state index contributed by atoms with van der Waals surface area (Å²) in [4.78, 5) is 55.1. The number of hydrogen-bond acceptors (Lipinski definition) is 10. The molecule has 3 aromatic heterocycles. The molecule has 14 nitrogen and oxygen atoms in total. The fraction of sp³-hybridized carbons (Fsp3) is 0.606. The highest BCUT2D eigenvalue weighted by Crippen LogP contribution is 2.55. The molecule has 0 radical (unpaired) electrons. The Bertz CT molecular complexity index is 1850. The third kappa shape index (κ3) is 4.90. The molecule has 0 bridgehead atoms. The van der Waals surface area contributed by atoms with Gasteiger partial charge < -0.3 is 29.5 Å². The minimum absolute atomic E-state index is 0.00522. The number of aromatic hydroxyl groups is 1. The van der Waals surface area contributed by atoms with Crippen molar-refractivity contribution in [3.8, 4) is 5.75 Å². The van der Waals surface area contributed by atoms with Crippen molar-refractivity contribution >= 4 is 34.4 Å². The van der Waals surface area contributed by atoms with Gasteiger partial charge in [-0.3, -0.25) is 14.4 Å². The maximum absolute atomic E-state index is 14.4. The summed E-state index contributed by atoms with van der Waals surface area (Å²) in [5.41, 5.74) is 3.32. The quantitative estimate of drug-likeness (QED) is 0.391. The van der Waals surface area contributed by atoms with Crippen molar-refractivity contribution in [2.24, 2.45) is 5.41 Å². The van der Waals surface area contributed by atoms with Crippen LogP contribution in [0.4, 0.5) is 5.69 Å². The number of piperazine rings is 1. The summed E-state index contributed by atoms with van der Waals surface area (Å²) >= 11 is 0. The monoisotopic (exact) mass is 643 g/mol. The topological polar surface area (TPSA) is 161 Å². The van der Waals surface area contributed by atoms with E-state index in [1.54, 1.807) is 11.8 Å². The maximum Gasteiger partial charge on any atom is 0.276 e. The van der Waals surface area contributed by atoms with Crippen molar-refractivity contribution in [1.82, 2.24) is 39.7 Å². The molecule has 2 N–H and O–H groups in total. The Morgan fingerprint density at radius 1 is 1.13 bits per heavy atom. The number of aryl methyl sites for hydroxylation is 1. The molecule has 248 valence electrons. The van der Waals surface area contributed by atoms with Gasteiger partial charge in [-0.15, -0.1) is 10.2 Å². The zero-order chi connectivity index (χ0) is 32.4. The Morgan fingerprint density at radius 2 is 1.94 bits per heavy atom. The molecule has 14 heteroatoms. The molecule has 3 saturated carbocycles. The molecule has 2 atom stereocenters. The van der Waals surface area contributed by atoms with E-state index in [1.807, 2.05) is 17.6 Å². The third-order valence-electron chi connectivity index (χ3n) is 11.2. The summed E-state index contributed by atoms with van der Waals surface area (Å²) in [5.74, 6) is -0.635. The molecule has 3 aliphatic carbocycles. The van der Waals surface area contributed by atoms with Crippen LogP contribution in [0.5, 0.6) is 5.75 Å². The normalized spacial score (nSPS) is 23.5. The summed E-state index contributed by atoms with van der Waals surface area (Å²) in [6.07, 6.45) is 11.8. The molecule has 47 heavy (non-hydrogen) atoms. The van der Waals surface area contributed by atoms with Gasteiger partial charge in [0.1, 0.15) is 18.6 Å². The van der Waals surface area contributed by atoms with Crippen LogP contribution in [0, 0.1) is 12.3 Å². The second kappa shape index (κ2) is 11.4. The molecule has 5 aliphatic rings. The van der Waals surface area contributed by atoms with Gasteiger partial charge in [-0.2, -0.15) is 4.80 Å². The fourth-order valence-corrected chi connectivity index (χ4v) is 8.40. The van der Waals surface area contributed by atoms with Crippen molar-refractivity contribution in [3.05, 3.63) is 39.7 Å². The first-order valence-corrected chi connectivity index (χ1v) is 16.9. The number of pyridine rings is 1. The van der Waals surface area contributed by atoms with E-state index in [0.29, 0.717) is 61.6 Å². The van der Waals surface area contributed by atoms with E-state index in [0.717, 1.165) is 37.1 Å². The molecule has 4 fully saturated rings. The lowest BCUT2D eigenvalue weighted by Crippen LogP contribution is -2.67. The van der Waals surface area contributed by atoms with Crippen molar-refractivity contribution in [3.63, 3.8) is 0 Å². The first-order valence-electron chi connectivity index (χ1n) is 16.9. The number of fused-ring (bicyclic) bond motifs is 2. The van der Waals surface area contributed by atoms with E-state index >= 15 is 0 Å². The molecule has 1 saturated heterocycles. The SMILES string of the molecule is CCc1c(N2CCN(C(=O)c3ncnc(C)c3O)[C@H]3CC[C@@H]32)c(=O)c2nn(C3=CCOCC3)nc2n1CC(=O)NC1CC2(CCC2)C1. The number of aromatic nitrogens is 6. The number of nitrogens with zero attached hydrogens (tertiary/aromatic N) is 8. The molecule has 8 rings (SSSR count). The number of anilines is 1. The maximum atomic E-state index is 14.4. The third-order valence-corrected chi connectivity index (χ3v) is 11.2. The van der Waals surface area contributed by atoms with E-state index in [4.69, 9.17) is 14.9 Å². The molecule has 2 aliphatic heterocycles. The molecule has 1 spiro atoms. The smallest absolute Gasteiger partial charge is 0.276 e. The van der Waals surface area contributed by atoms with Crippen LogP contribution in [-0.4, -0.2) is 95.8 Å². The lowest BCUT2D eigenvalue weighted by Gasteiger charge is -2.54. The summed E-state index contributed by atoms with van der Waals surface area (Å²) in [7, 11) is 0. The largest absolute Gasteiger partial charge is 0.504 e. The highest BCUT2D eigenvalue weighted by molar-refractivity contribution is 5.95. The van der Waals surface area contributed by atoms with Crippen molar-refractivity contribution in [2.75, 3.05) is 31.2 Å². The second-order valence-electron chi connectivity index (χ2n) is 13.8. The number of carbonyl (C=O) groups is 2. The van der Waals surface area contributed by atoms with Crippen LogP contribution in [-0.2, 0) is 22.5 Å². The van der Waals surface area contributed by atoms with Gasteiger partial charge in [0.05, 0.1) is 30.6 Å². The number of carbonyl (C=O) groups excluding carboxylic acids is 2. The minimum Gasteiger partial charge on any atom is -0.504 e. The predicted molar refractivity (Wildman–Crippen MR) is 172 cm³/mol. The van der Waals surface area contributed by atoms with Gasteiger partial charge in [-0.25, -0.2) is 9.97 Å². The Kier molecular flexibility index (Phi) is 7.30. The Hall–Kier alpha value is -4.33. The molecule has 0 aromatic carbocycles. The van der Waals surface area contributed by atoms with Crippen LogP contribution in [0.3, 0.4) is 0 Å². The lowest BCUT2D eigenvalue weighted by atomic mass is 9.54. The fourth-order valence-electron chi connectivity index (χ4n) is 8.40. The molecule has 0 unspecified atom stereocenters. The number of nitrogens with one attached hydrogen (secondary N) is 1. The molecule has 3 aromatic rings. The van der Waals surface area contributed by atoms with Crippen LogP contribution in [0.1, 0.15) is 80.2 Å². The average Bonchev–Trinajstić information content (AvgIpc) is 3.47. The first-order chi connectivity index (χ1) is 22.8. The van der Waals surface area contributed by atoms with Gasteiger partial charge in [0.25, 0.3) is 5.91 Å². The number of amides is 2. The summed E-state index contributed by atoms with van der Waals surface area (Å²) in [5, 5.41) is 23.3. The summed E-state index contributed by atoms with van der Waals surface area (Å²) in [6.45, 7) is 5.43. The number of hydrogen-bond donors (Lipinski definition) is 2. The average molecular weight is 644 g/mol. The molecular weight excluding hydrogens is 602 g/mol. The minimum atomic E-state index is -0.338. The summed E-state index contributed by atoms with van der Waals surface area (Å²) < 4.78 is 7.37. The first kappa shape index (κ1) is 30.0. The molecule has 2 amide bonds. The van der Waals surface area contributed by atoms with Crippen molar-refractivity contribution in [2.45, 2.75) is 96.3 Å². The van der Waals surface area contributed by atoms with Crippen LogP contribution in [0.15, 0.2) is 17.2 Å². The van der Waals surface area contributed by atoms with Crippen LogP contribution in [0.25, 0.3) is 16.9 Å². The van der Waals surface area contributed by atoms with E-state index in [2.05, 4.69) is 20.2 Å². The van der Waals surface area contributed by atoms with Crippen LogP contribution < -0.4 is 15.6 Å². The lowest BCUT2D eigenvalue weighted by molar-refractivity contribution is -0.125. The highest BCUT2D eigenvalue weighted by Gasteiger charge is 2.49. The Balaban J connectivity index is 1.14. The second-order valence-corrected chi connectivity index (χ2v) is 13.8. The van der Waals surface area contributed by atoms with E-state index in [1.165, 1.54) is 30.4 Å². The van der Waals surface area contributed by atoms with Crippen molar-refractivity contribution in [1.29, 1.82) is 0 Å². The summed E-state index contributed by atoms with van der Waals surface area (Å²) in [6, 6.07) is -0.0647. The van der Waals surface area contributed by atoms with Gasteiger partial charge in [-0.1, -0.05) is 13.3 Å². The zero-order valence-electron chi connectivity index (χ0n) is 26.9. The predicted octanol–water partition coefficient (Wildman–Crippen LogP) is 2.16. The van der Waals surface area contributed by atoms with E-state index in [9.17, 15) is 19.5 Å². The Labute approximate surface area is 271 Å². The van der Waals surface area contributed by atoms with Gasteiger partial charge in [0.2, 0.25) is 11.3 Å². The van der Waals surface area contributed by atoms with Gasteiger partial charge in [-0.05, 0) is 63.4 Å². The van der Waals surface area contributed by atoms with Crippen LogP contribution >= 0.6 is 0 Å². The molecule has 5 heterocycles. The van der Waals surface area contributed by atoms with Crippen molar-refractivity contribution < 1.29 is 19.4 Å². The van der Waals surface area contributed by atoms with Crippen LogP contribution in [0.2, 0.25) is 0 Å².